The molecule has 7 heteroatoms. The third-order valence-electron chi connectivity index (χ3n) is 3.62. The maximum atomic E-state index is 11.9. The van der Waals surface area contributed by atoms with E-state index in [9.17, 15) is 4.79 Å². The molecule has 0 unspecified atom stereocenters. The molecule has 1 heterocycles. The quantitative estimate of drug-likeness (QED) is 0.417. The lowest BCUT2D eigenvalue weighted by molar-refractivity contribution is 0.0302. The fourth-order valence-electron chi connectivity index (χ4n) is 2.39. The van der Waals surface area contributed by atoms with Gasteiger partial charge in [-0.25, -0.2) is 4.79 Å². The molecule has 1 rings (SSSR count). The molecule has 0 aromatic carbocycles. The number of aliphatic imine (C=N–C) groups is 1. The summed E-state index contributed by atoms with van der Waals surface area (Å²) in [5.74, 6) is 0.906. The van der Waals surface area contributed by atoms with E-state index in [0.717, 1.165) is 19.0 Å². The zero-order valence-corrected chi connectivity index (χ0v) is 17.9. The van der Waals surface area contributed by atoms with Crippen molar-refractivity contribution in [3.8, 4) is 0 Å². The van der Waals surface area contributed by atoms with Gasteiger partial charge in [-0.3, -0.25) is 4.99 Å². The second kappa shape index (κ2) is 8.94. The number of likely N-dealkylation sites (tertiary alicyclic amines) is 1. The number of guanidine groups is 1. The Morgan fingerprint density at radius 3 is 2.43 bits per heavy atom. The van der Waals surface area contributed by atoms with Crippen LogP contribution in [0.3, 0.4) is 0 Å². The molecule has 0 atom stereocenters. The number of carbonyl (C=O) groups is 1. The van der Waals surface area contributed by atoms with Gasteiger partial charge in [-0.2, -0.15) is 0 Å². The number of rotatable bonds is 3. The molecule has 0 saturated carbocycles. The molecular formula is C16H33IN4O2. The maximum Gasteiger partial charge on any atom is 0.410 e. The molecule has 0 radical (unpaired) electrons. The van der Waals surface area contributed by atoms with E-state index in [1.54, 1.807) is 19.0 Å². The standard InChI is InChI=1S/C16H32N4O2.HI/c1-15(2,3)22-14(21)19(7)11-9-18-13(17-6)20-10-8-16(4,5)12-20;/h8-12H2,1-7H3,(H,17,18);1H. The molecular weight excluding hydrogens is 407 g/mol. The summed E-state index contributed by atoms with van der Waals surface area (Å²) in [6.07, 6.45) is 0.873. The van der Waals surface area contributed by atoms with Crippen LogP contribution in [0.15, 0.2) is 4.99 Å². The molecule has 1 amide bonds. The summed E-state index contributed by atoms with van der Waals surface area (Å²) in [4.78, 5) is 20.1. The van der Waals surface area contributed by atoms with Crippen molar-refractivity contribution in [1.29, 1.82) is 0 Å². The van der Waals surface area contributed by atoms with Gasteiger partial charge in [0.2, 0.25) is 0 Å². The Morgan fingerprint density at radius 1 is 1.39 bits per heavy atom. The van der Waals surface area contributed by atoms with Gasteiger partial charge in [0.05, 0.1) is 0 Å². The first-order valence-electron chi connectivity index (χ1n) is 7.94. The van der Waals surface area contributed by atoms with E-state index in [2.05, 4.69) is 29.1 Å². The average molecular weight is 440 g/mol. The van der Waals surface area contributed by atoms with E-state index < -0.39 is 5.60 Å². The molecule has 0 aromatic heterocycles. The Labute approximate surface area is 158 Å². The maximum absolute atomic E-state index is 11.9. The van der Waals surface area contributed by atoms with Crippen LogP contribution >= 0.6 is 24.0 Å². The van der Waals surface area contributed by atoms with Crippen LogP contribution in [0.5, 0.6) is 0 Å². The van der Waals surface area contributed by atoms with Crippen LogP contribution in [0.1, 0.15) is 41.0 Å². The van der Waals surface area contributed by atoms with Crippen LogP contribution in [0.2, 0.25) is 0 Å². The van der Waals surface area contributed by atoms with E-state index in [1.165, 1.54) is 6.42 Å². The Bertz CT molecular complexity index is 419. The summed E-state index contributed by atoms with van der Waals surface area (Å²) in [5.41, 5.74) is -0.124. The number of amides is 1. The van der Waals surface area contributed by atoms with E-state index in [-0.39, 0.29) is 30.1 Å². The third kappa shape index (κ3) is 8.08. The minimum atomic E-state index is -0.462. The summed E-state index contributed by atoms with van der Waals surface area (Å²) >= 11 is 0. The van der Waals surface area contributed by atoms with Gasteiger partial charge in [0.25, 0.3) is 0 Å². The summed E-state index contributed by atoms with van der Waals surface area (Å²) in [7, 11) is 3.54. The minimum absolute atomic E-state index is 0. The highest BCUT2D eigenvalue weighted by Crippen LogP contribution is 2.28. The van der Waals surface area contributed by atoms with Crippen molar-refractivity contribution in [3.05, 3.63) is 0 Å². The number of ether oxygens (including phenoxy) is 1. The lowest BCUT2D eigenvalue weighted by atomic mass is 9.93. The van der Waals surface area contributed by atoms with E-state index in [4.69, 9.17) is 4.74 Å². The molecule has 136 valence electrons. The van der Waals surface area contributed by atoms with Crippen molar-refractivity contribution < 1.29 is 9.53 Å². The molecule has 1 N–H and O–H groups in total. The van der Waals surface area contributed by atoms with Crippen LogP contribution in [0.4, 0.5) is 4.79 Å². The fraction of sp³-hybridized carbons (Fsp3) is 0.875. The number of hydrogen-bond acceptors (Lipinski definition) is 3. The average Bonchev–Trinajstić information content (AvgIpc) is 2.72. The van der Waals surface area contributed by atoms with Gasteiger partial charge in [0.1, 0.15) is 5.60 Å². The summed E-state index contributed by atoms with van der Waals surface area (Å²) in [6, 6.07) is 0. The molecule has 0 spiro atoms. The van der Waals surface area contributed by atoms with Crippen molar-refractivity contribution in [1.82, 2.24) is 15.1 Å². The van der Waals surface area contributed by atoms with Gasteiger partial charge in [-0.1, -0.05) is 13.8 Å². The van der Waals surface area contributed by atoms with Gasteiger partial charge in [0.15, 0.2) is 5.96 Å². The van der Waals surface area contributed by atoms with Gasteiger partial charge in [0, 0.05) is 40.3 Å². The Hall–Kier alpha value is -0.730. The number of nitrogens with zero attached hydrogens (tertiary/aromatic N) is 3. The van der Waals surface area contributed by atoms with Crippen LogP contribution in [0, 0.1) is 5.41 Å². The highest BCUT2D eigenvalue weighted by Gasteiger charge is 2.30. The van der Waals surface area contributed by atoms with Gasteiger partial charge in [-0.05, 0) is 32.6 Å². The molecule has 1 saturated heterocycles. The van der Waals surface area contributed by atoms with E-state index in [0.29, 0.717) is 18.5 Å². The van der Waals surface area contributed by atoms with Gasteiger partial charge in [-0.15, -0.1) is 24.0 Å². The van der Waals surface area contributed by atoms with Crippen molar-refractivity contribution >= 4 is 36.0 Å². The number of carbonyl (C=O) groups excluding carboxylic acids is 1. The molecule has 23 heavy (non-hydrogen) atoms. The number of nitrogens with one attached hydrogen (secondary N) is 1. The Kier molecular flexibility index (Phi) is 8.65. The van der Waals surface area contributed by atoms with Crippen molar-refractivity contribution in [2.24, 2.45) is 10.4 Å². The first-order valence-corrected chi connectivity index (χ1v) is 7.94. The van der Waals surface area contributed by atoms with Gasteiger partial charge >= 0.3 is 6.09 Å². The Morgan fingerprint density at radius 2 is 2.00 bits per heavy atom. The molecule has 6 nitrogen and oxygen atoms in total. The molecule has 1 fully saturated rings. The fourth-order valence-corrected chi connectivity index (χ4v) is 2.39. The third-order valence-corrected chi connectivity index (χ3v) is 3.62. The van der Waals surface area contributed by atoms with Crippen molar-refractivity contribution in [2.45, 2.75) is 46.6 Å². The topological polar surface area (TPSA) is 57.2 Å². The largest absolute Gasteiger partial charge is 0.444 e. The number of halogens is 1. The van der Waals surface area contributed by atoms with Crippen LogP contribution in [0.25, 0.3) is 0 Å². The number of hydrogen-bond donors (Lipinski definition) is 1. The first-order chi connectivity index (χ1) is 10.0. The summed E-state index contributed by atoms with van der Waals surface area (Å²) in [5, 5.41) is 3.32. The normalized spacial score (nSPS) is 17.5. The smallest absolute Gasteiger partial charge is 0.410 e. The first kappa shape index (κ1) is 22.3. The zero-order valence-electron chi connectivity index (χ0n) is 15.6. The second-order valence-electron chi connectivity index (χ2n) is 7.71. The lowest BCUT2D eigenvalue weighted by Crippen LogP contribution is -2.44. The van der Waals surface area contributed by atoms with Crippen LogP contribution < -0.4 is 5.32 Å². The predicted molar refractivity (Wildman–Crippen MR) is 106 cm³/mol. The molecule has 1 aliphatic heterocycles. The predicted octanol–water partition coefficient (Wildman–Crippen LogP) is 2.78. The summed E-state index contributed by atoms with van der Waals surface area (Å²) < 4.78 is 5.33. The van der Waals surface area contributed by atoms with E-state index >= 15 is 0 Å². The van der Waals surface area contributed by atoms with Crippen LogP contribution in [-0.2, 0) is 4.74 Å². The molecule has 1 aliphatic rings. The van der Waals surface area contributed by atoms with Crippen LogP contribution in [-0.4, -0.2) is 67.7 Å². The minimum Gasteiger partial charge on any atom is -0.444 e. The lowest BCUT2D eigenvalue weighted by Gasteiger charge is -2.26. The zero-order chi connectivity index (χ0) is 17.0. The molecule has 0 aliphatic carbocycles. The summed E-state index contributed by atoms with van der Waals surface area (Å²) in [6.45, 7) is 13.4. The second-order valence-corrected chi connectivity index (χ2v) is 7.71. The monoisotopic (exact) mass is 440 g/mol. The molecule has 0 aromatic rings. The van der Waals surface area contributed by atoms with E-state index in [1.807, 2.05) is 20.8 Å². The van der Waals surface area contributed by atoms with Crippen molar-refractivity contribution in [2.75, 3.05) is 40.3 Å². The molecule has 0 bridgehead atoms. The van der Waals surface area contributed by atoms with Crippen molar-refractivity contribution in [3.63, 3.8) is 0 Å². The Balaban J connectivity index is 0.00000484. The highest BCUT2D eigenvalue weighted by atomic mass is 127. The number of likely N-dealkylation sites (N-methyl/N-ethyl adjacent to an activating group) is 1. The SMILES string of the molecule is CN=C(NCCN(C)C(=O)OC(C)(C)C)N1CCC(C)(C)C1.I. The highest BCUT2D eigenvalue weighted by molar-refractivity contribution is 14.0. The van der Waals surface area contributed by atoms with Gasteiger partial charge < -0.3 is 19.9 Å².